The van der Waals surface area contributed by atoms with Gasteiger partial charge in [-0.05, 0) is 18.9 Å². The highest BCUT2D eigenvalue weighted by Crippen LogP contribution is 2.25. The summed E-state index contributed by atoms with van der Waals surface area (Å²) in [5.74, 6) is -0.608. The maximum absolute atomic E-state index is 12.5. The van der Waals surface area contributed by atoms with Gasteiger partial charge in [-0.2, -0.15) is 0 Å². The maximum Gasteiger partial charge on any atom is 0.433 e. The molecule has 1 aromatic heterocycles. The Morgan fingerprint density at radius 2 is 2.10 bits per heavy atom. The van der Waals surface area contributed by atoms with Crippen molar-refractivity contribution in [3.05, 3.63) is 28.0 Å². The molecule has 0 unspecified atom stereocenters. The van der Waals surface area contributed by atoms with Gasteiger partial charge in [-0.1, -0.05) is 35.2 Å². The Bertz CT molecular complexity index is 482. The van der Waals surface area contributed by atoms with Gasteiger partial charge in [-0.3, -0.25) is 14.9 Å². The molecule has 110 valence electrons. The predicted octanol–water partition coefficient (Wildman–Crippen LogP) is 3.36. The number of carbonyl (C=O) groups excluding carboxylic acids is 1. The summed E-state index contributed by atoms with van der Waals surface area (Å²) in [5.41, 5.74) is 0. The lowest BCUT2D eigenvalue weighted by atomic mass is 9.94. The molecular formula is C13H17BrN2O4. The number of halogens is 1. The van der Waals surface area contributed by atoms with E-state index in [0.717, 1.165) is 25.7 Å². The first-order chi connectivity index (χ1) is 9.63. The second-order valence-electron chi connectivity index (χ2n) is 4.87. The highest BCUT2D eigenvalue weighted by atomic mass is 79.9. The Hall–Kier alpha value is -1.37. The number of hydrogen-bond acceptors (Lipinski definition) is 4. The van der Waals surface area contributed by atoms with Crippen LogP contribution in [0, 0.1) is 10.1 Å². The van der Waals surface area contributed by atoms with E-state index in [0.29, 0.717) is 11.9 Å². The van der Waals surface area contributed by atoms with Gasteiger partial charge in [0.25, 0.3) is 5.91 Å². The fraction of sp³-hybridized carbons (Fsp3) is 0.615. The third kappa shape index (κ3) is 3.39. The summed E-state index contributed by atoms with van der Waals surface area (Å²) in [6.07, 6.45) is 5.42. The molecule has 1 saturated carbocycles. The van der Waals surface area contributed by atoms with Crippen LogP contribution in [-0.4, -0.2) is 33.6 Å². The summed E-state index contributed by atoms with van der Waals surface area (Å²) < 4.78 is 5.02. The molecule has 20 heavy (non-hydrogen) atoms. The molecule has 0 aliphatic heterocycles. The number of alkyl halides is 1. The topological polar surface area (TPSA) is 76.6 Å². The molecule has 2 rings (SSSR count). The van der Waals surface area contributed by atoms with Crippen LogP contribution in [0.25, 0.3) is 0 Å². The van der Waals surface area contributed by atoms with Crippen molar-refractivity contribution in [2.45, 2.75) is 38.1 Å². The first-order valence-electron chi connectivity index (χ1n) is 6.74. The van der Waals surface area contributed by atoms with E-state index in [-0.39, 0.29) is 17.7 Å². The van der Waals surface area contributed by atoms with Crippen LogP contribution in [0.3, 0.4) is 0 Å². The monoisotopic (exact) mass is 344 g/mol. The van der Waals surface area contributed by atoms with Crippen molar-refractivity contribution in [1.82, 2.24) is 4.90 Å². The molecule has 0 atom stereocenters. The largest absolute Gasteiger partial charge is 0.433 e. The molecule has 0 spiro atoms. The van der Waals surface area contributed by atoms with E-state index in [1.807, 2.05) is 0 Å². The first-order valence-corrected chi connectivity index (χ1v) is 7.87. The molecule has 0 N–H and O–H groups in total. The molecule has 6 nitrogen and oxygen atoms in total. The van der Waals surface area contributed by atoms with Gasteiger partial charge in [0.05, 0.1) is 6.07 Å². The van der Waals surface area contributed by atoms with Gasteiger partial charge < -0.3 is 9.32 Å². The number of hydrogen-bond donors (Lipinski definition) is 0. The first kappa shape index (κ1) is 15.0. The molecule has 0 radical (unpaired) electrons. The van der Waals surface area contributed by atoms with Gasteiger partial charge in [-0.25, -0.2) is 0 Å². The molecule has 1 amide bonds. The van der Waals surface area contributed by atoms with Crippen LogP contribution in [-0.2, 0) is 0 Å². The summed E-state index contributed by atoms with van der Waals surface area (Å²) in [6, 6.07) is 2.81. The fourth-order valence-corrected chi connectivity index (χ4v) is 3.00. The van der Waals surface area contributed by atoms with E-state index >= 15 is 0 Å². The molecule has 1 aliphatic carbocycles. The van der Waals surface area contributed by atoms with Crippen molar-refractivity contribution in [1.29, 1.82) is 0 Å². The second-order valence-corrected chi connectivity index (χ2v) is 5.67. The van der Waals surface area contributed by atoms with Crippen molar-refractivity contribution in [3.63, 3.8) is 0 Å². The predicted molar refractivity (Wildman–Crippen MR) is 77.1 cm³/mol. The molecule has 1 aromatic rings. The van der Waals surface area contributed by atoms with E-state index in [1.54, 1.807) is 4.90 Å². The standard InChI is InChI=1S/C13H17BrN2O4/c14-8-9-15(10-4-2-1-3-5-10)13(17)11-6-7-12(20-11)16(18)19/h6-7,10H,1-5,8-9H2. The second kappa shape index (κ2) is 6.88. The lowest BCUT2D eigenvalue weighted by Gasteiger charge is -2.33. The number of rotatable bonds is 5. The summed E-state index contributed by atoms with van der Waals surface area (Å²) in [4.78, 5) is 24.2. The maximum atomic E-state index is 12.5. The van der Waals surface area contributed by atoms with E-state index < -0.39 is 10.8 Å². The van der Waals surface area contributed by atoms with Crippen molar-refractivity contribution in [2.24, 2.45) is 0 Å². The van der Waals surface area contributed by atoms with Gasteiger partial charge in [0.2, 0.25) is 0 Å². The average Bonchev–Trinajstić information content (AvgIpc) is 2.95. The Morgan fingerprint density at radius 1 is 1.40 bits per heavy atom. The van der Waals surface area contributed by atoms with Crippen molar-refractivity contribution in [2.75, 3.05) is 11.9 Å². The minimum atomic E-state index is -0.633. The van der Waals surface area contributed by atoms with E-state index in [9.17, 15) is 14.9 Å². The zero-order valence-corrected chi connectivity index (χ0v) is 12.7. The van der Waals surface area contributed by atoms with Gasteiger partial charge in [0, 0.05) is 17.9 Å². The number of nitrogens with zero attached hydrogens (tertiary/aromatic N) is 2. The molecule has 1 aliphatic rings. The minimum absolute atomic E-state index is 0.0447. The number of carbonyl (C=O) groups is 1. The van der Waals surface area contributed by atoms with Crippen LogP contribution in [0.15, 0.2) is 16.5 Å². The SMILES string of the molecule is O=C(c1ccc([N+](=O)[O-])o1)N(CCBr)C1CCCCC1. The van der Waals surface area contributed by atoms with Crippen molar-refractivity contribution in [3.8, 4) is 0 Å². The number of amides is 1. The number of nitro groups is 1. The van der Waals surface area contributed by atoms with Crippen LogP contribution < -0.4 is 0 Å². The summed E-state index contributed by atoms with van der Waals surface area (Å²) in [7, 11) is 0. The Kier molecular flexibility index (Phi) is 5.17. The number of furan rings is 1. The van der Waals surface area contributed by atoms with Gasteiger partial charge in [-0.15, -0.1) is 0 Å². The minimum Gasteiger partial charge on any atom is -0.395 e. The molecule has 1 heterocycles. The van der Waals surface area contributed by atoms with E-state index in [2.05, 4.69) is 15.9 Å². The van der Waals surface area contributed by atoms with Gasteiger partial charge >= 0.3 is 5.88 Å². The Balaban J connectivity index is 2.14. The molecule has 0 saturated heterocycles. The van der Waals surface area contributed by atoms with Crippen LogP contribution >= 0.6 is 15.9 Å². The van der Waals surface area contributed by atoms with E-state index in [1.165, 1.54) is 18.6 Å². The lowest BCUT2D eigenvalue weighted by Crippen LogP contribution is -2.42. The average molecular weight is 345 g/mol. The quantitative estimate of drug-likeness (QED) is 0.466. The van der Waals surface area contributed by atoms with Crippen molar-refractivity contribution < 1.29 is 14.1 Å². The summed E-state index contributed by atoms with van der Waals surface area (Å²) in [5, 5.41) is 11.3. The normalized spacial score (nSPS) is 16.1. The highest BCUT2D eigenvalue weighted by Gasteiger charge is 2.28. The molecule has 0 aromatic carbocycles. The third-order valence-electron chi connectivity index (χ3n) is 3.58. The Morgan fingerprint density at radius 3 is 2.65 bits per heavy atom. The van der Waals surface area contributed by atoms with Gasteiger partial charge in [0.1, 0.15) is 4.92 Å². The molecule has 7 heteroatoms. The van der Waals surface area contributed by atoms with E-state index in [4.69, 9.17) is 4.42 Å². The van der Waals surface area contributed by atoms with Gasteiger partial charge in [0.15, 0.2) is 5.76 Å². The lowest BCUT2D eigenvalue weighted by molar-refractivity contribution is -0.402. The summed E-state index contributed by atoms with van der Waals surface area (Å²) in [6.45, 7) is 0.581. The van der Waals surface area contributed by atoms with Crippen LogP contribution in [0.1, 0.15) is 42.7 Å². The van der Waals surface area contributed by atoms with Crippen molar-refractivity contribution >= 4 is 27.7 Å². The zero-order chi connectivity index (χ0) is 14.5. The highest BCUT2D eigenvalue weighted by molar-refractivity contribution is 9.09. The fourth-order valence-electron chi connectivity index (χ4n) is 2.62. The van der Waals surface area contributed by atoms with Crippen LogP contribution in [0.5, 0.6) is 0 Å². The zero-order valence-electron chi connectivity index (χ0n) is 11.1. The summed E-state index contributed by atoms with van der Waals surface area (Å²) >= 11 is 3.35. The van der Waals surface area contributed by atoms with Crippen LogP contribution in [0.4, 0.5) is 5.88 Å². The molecule has 0 bridgehead atoms. The van der Waals surface area contributed by atoms with Crippen LogP contribution in [0.2, 0.25) is 0 Å². The third-order valence-corrected chi connectivity index (χ3v) is 3.94. The Labute approximate surface area is 125 Å². The smallest absolute Gasteiger partial charge is 0.395 e. The molecular weight excluding hydrogens is 328 g/mol. The molecule has 1 fully saturated rings.